The second-order valence-electron chi connectivity index (χ2n) is 7.68. The Hall–Kier alpha value is -2.37. The van der Waals surface area contributed by atoms with Gasteiger partial charge in [-0.3, -0.25) is 10.2 Å². The molecule has 4 rings (SSSR count). The summed E-state index contributed by atoms with van der Waals surface area (Å²) in [6.45, 7) is 3.52. The molecule has 2 aromatic carbocycles. The molecule has 3 N–H and O–H groups in total. The smallest absolute Gasteiger partial charge is 0.226 e. The van der Waals surface area contributed by atoms with E-state index < -0.39 is 0 Å². The van der Waals surface area contributed by atoms with Gasteiger partial charge in [0.25, 0.3) is 0 Å². The van der Waals surface area contributed by atoms with Crippen LogP contribution in [0.3, 0.4) is 0 Å². The zero-order valence-corrected chi connectivity index (χ0v) is 16.4. The lowest BCUT2D eigenvalue weighted by Gasteiger charge is -2.21. The number of hydrogen-bond donors (Lipinski definition) is 3. The largest absolute Gasteiger partial charge is 0.494 e. The van der Waals surface area contributed by atoms with Gasteiger partial charge >= 0.3 is 0 Å². The molecule has 2 aromatic rings. The first kappa shape index (κ1) is 19.0. The lowest BCUT2D eigenvalue weighted by molar-refractivity contribution is -0.125. The molecule has 5 heteroatoms. The Morgan fingerprint density at radius 2 is 2.00 bits per heavy atom. The fourth-order valence-corrected chi connectivity index (χ4v) is 4.15. The second kappa shape index (κ2) is 8.76. The predicted molar refractivity (Wildman–Crippen MR) is 110 cm³/mol. The number of ether oxygens (including phenoxy) is 1. The van der Waals surface area contributed by atoms with Gasteiger partial charge in [-0.1, -0.05) is 49.7 Å². The summed E-state index contributed by atoms with van der Waals surface area (Å²) in [6.07, 6.45) is 4.19. The number of aryl methyl sites for hydroxylation is 1. The molecule has 0 aromatic heterocycles. The van der Waals surface area contributed by atoms with Crippen LogP contribution in [0.5, 0.6) is 5.75 Å². The van der Waals surface area contributed by atoms with Crippen molar-refractivity contribution in [3.63, 3.8) is 0 Å². The molecule has 1 heterocycles. The first-order valence-corrected chi connectivity index (χ1v) is 10.4. The normalized spacial score (nSPS) is 23.4. The van der Waals surface area contributed by atoms with Crippen molar-refractivity contribution < 1.29 is 9.53 Å². The number of carbonyl (C=O) groups excluding carboxylic acids is 1. The summed E-state index contributed by atoms with van der Waals surface area (Å²) < 4.78 is 5.74. The summed E-state index contributed by atoms with van der Waals surface area (Å²) in [5.41, 5.74) is 10.1. The van der Waals surface area contributed by atoms with Gasteiger partial charge < -0.3 is 10.1 Å². The van der Waals surface area contributed by atoms with Gasteiger partial charge in [-0.25, -0.2) is 5.43 Å². The molecule has 0 spiro atoms. The molecule has 1 amide bonds. The molecular formula is C23H29N3O2. The van der Waals surface area contributed by atoms with Crippen LogP contribution in [0.25, 0.3) is 0 Å². The molecule has 1 aliphatic carbocycles. The summed E-state index contributed by atoms with van der Waals surface area (Å²) >= 11 is 0. The molecule has 28 heavy (non-hydrogen) atoms. The summed E-state index contributed by atoms with van der Waals surface area (Å²) in [5.74, 6) is 0.846. The highest BCUT2D eigenvalue weighted by Gasteiger charge is 2.35. The van der Waals surface area contributed by atoms with Gasteiger partial charge in [0.15, 0.2) is 0 Å². The number of unbranched alkanes of at least 4 members (excludes halogenated alkanes) is 1. The van der Waals surface area contributed by atoms with E-state index in [1.807, 2.05) is 12.1 Å². The van der Waals surface area contributed by atoms with E-state index in [1.54, 1.807) is 0 Å². The zero-order valence-electron chi connectivity index (χ0n) is 16.4. The quantitative estimate of drug-likeness (QED) is 0.645. The molecule has 1 fully saturated rings. The van der Waals surface area contributed by atoms with E-state index in [9.17, 15) is 4.79 Å². The number of rotatable bonds is 7. The van der Waals surface area contributed by atoms with E-state index in [1.165, 1.54) is 11.1 Å². The average molecular weight is 380 g/mol. The Labute approximate surface area is 166 Å². The minimum absolute atomic E-state index is 0.0404. The van der Waals surface area contributed by atoms with Gasteiger partial charge in [-0.05, 0) is 48.1 Å². The SMILES string of the molecule is CCCCOc1ccc(C2NNCC2C(=O)NC2CCc3ccccc32)cc1. The Morgan fingerprint density at radius 1 is 1.18 bits per heavy atom. The molecule has 1 aliphatic heterocycles. The fraction of sp³-hybridized carbons (Fsp3) is 0.435. The molecule has 1 saturated heterocycles. The third kappa shape index (κ3) is 4.05. The van der Waals surface area contributed by atoms with Crippen molar-refractivity contribution >= 4 is 5.91 Å². The van der Waals surface area contributed by atoms with Crippen molar-refractivity contribution in [1.29, 1.82) is 0 Å². The standard InChI is InChI=1S/C23H29N3O2/c1-2-3-14-28-18-11-8-17(9-12-18)22-20(15-24-26-22)23(27)25-21-13-10-16-6-4-5-7-19(16)21/h4-9,11-12,20-22,24,26H,2-3,10,13-15H2,1H3,(H,25,27). The molecule has 148 valence electrons. The number of hydrogen-bond acceptors (Lipinski definition) is 4. The molecule has 5 nitrogen and oxygen atoms in total. The maximum Gasteiger partial charge on any atom is 0.226 e. The third-order valence-corrected chi connectivity index (χ3v) is 5.77. The highest BCUT2D eigenvalue weighted by atomic mass is 16.5. The molecule has 0 radical (unpaired) electrons. The van der Waals surface area contributed by atoms with Gasteiger partial charge in [0.2, 0.25) is 5.91 Å². The Bertz CT molecular complexity index is 806. The Kier molecular flexibility index (Phi) is 5.93. The van der Waals surface area contributed by atoms with E-state index in [4.69, 9.17) is 4.74 Å². The van der Waals surface area contributed by atoms with E-state index >= 15 is 0 Å². The van der Waals surface area contributed by atoms with Crippen molar-refractivity contribution in [2.45, 2.75) is 44.7 Å². The molecule has 3 unspecified atom stereocenters. The van der Waals surface area contributed by atoms with Crippen LogP contribution in [0.4, 0.5) is 0 Å². The average Bonchev–Trinajstić information content (AvgIpc) is 3.37. The second-order valence-corrected chi connectivity index (χ2v) is 7.68. The first-order valence-electron chi connectivity index (χ1n) is 10.4. The highest BCUT2D eigenvalue weighted by molar-refractivity contribution is 5.81. The van der Waals surface area contributed by atoms with Gasteiger partial charge in [0.05, 0.1) is 24.6 Å². The summed E-state index contributed by atoms with van der Waals surface area (Å²) in [6, 6.07) is 16.6. The Balaban J connectivity index is 1.40. The lowest BCUT2D eigenvalue weighted by atomic mass is 9.93. The maximum absolute atomic E-state index is 13.0. The van der Waals surface area contributed by atoms with Crippen LogP contribution in [0.1, 0.15) is 55.0 Å². The maximum atomic E-state index is 13.0. The van der Waals surface area contributed by atoms with Crippen molar-refractivity contribution in [2.75, 3.05) is 13.2 Å². The fourth-order valence-electron chi connectivity index (χ4n) is 4.15. The van der Waals surface area contributed by atoms with Crippen LogP contribution in [0.15, 0.2) is 48.5 Å². The van der Waals surface area contributed by atoms with E-state index in [2.05, 4.69) is 59.5 Å². The minimum atomic E-state index is -0.139. The minimum Gasteiger partial charge on any atom is -0.494 e. The molecule has 2 aliphatic rings. The van der Waals surface area contributed by atoms with Crippen molar-refractivity contribution in [3.8, 4) is 5.75 Å². The third-order valence-electron chi connectivity index (χ3n) is 5.77. The molecular weight excluding hydrogens is 350 g/mol. The van der Waals surface area contributed by atoms with Crippen LogP contribution in [-0.2, 0) is 11.2 Å². The van der Waals surface area contributed by atoms with Gasteiger partial charge in [0.1, 0.15) is 5.75 Å². The zero-order chi connectivity index (χ0) is 19.3. The van der Waals surface area contributed by atoms with Crippen LogP contribution < -0.4 is 20.9 Å². The first-order chi connectivity index (χ1) is 13.8. The van der Waals surface area contributed by atoms with Crippen molar-refractivity contribution in [3.05, 3.63) is 65.2 Å². The van der Waals surface area contributed by atoms with Gasteiger partial charge in [-0.2, -0.15) is 0 Å². The van der Waals surface area contributed by atoms with Gasteiger partial charge in [0, 0.05) is 6.54 Å². The monoisotopic (exact) mass is 379 g/mol. The molecule has 0 bridgehead atoms. The number of amides is 1. The van der Waals surface area contributed by atoms with Crippen LogP contribution in [0.2, 0.25) is 0 Å². The van der Waals surface area contributed by atoms with Gasteiger partial charge in [-0.15, -0.1) is 0 Å². The van der Waals surface area contributed by atoms with Crippen molar-refractivity contribution in [2.24, 2.45) is 5.92 Å². The summed E-state index contributed by atoms with van der Waals surface area (Å²) in [5, 5.41) is 3.28. The van der Waals surface area contributed by atoms with Crippen LogP contribution in [-0.4, -0.2) is 19.1 Å². The predicted octanol–water partition coefficient (Wildman–Crippen LogP) is 3.43. The lowest BCUT2D eigenvalue weighted by Crippen LogP contribution is -2.36. The van der Waals surface area contributed by atoms with E-state index in [-0.39, 0.29) is 23.9 Å². The topological polar surface area (TPSA) is 62.4 Å². The van der Waals surface area contributed by atoms with Crippen LogP contribution >= 0.6 is 0 Å². The highest BCUT2D eigenvalue weighted by Crippen LogP contribution is 2.32. The number of nitrogens with one attached hydrogen (secondary N) is 3. The number of benzene rings is 2. The number of hydrazine groups is 1. The van der Waals surface area contributed by atoms with E-state index in [0.29, 0.717) is 6.54 Å². The van der Waals surface area contributed by atoms with Crippen LogP contribution in [0, 0.1) is 5.92 Å². The summed E-state index contributed by atoms with van der Waals surface area (Å²) in [4.78, 5) is 13.0. The molecule has 0 saturated carbocycles. The van der Waals surface area contributed by atoms with Crippen molar-refractivity contribution in [1.82, 2.24) is 16.2 Å². The molecule has 3 atom stereocenters. The Morgan fingerprint density at radius 3 is 2.82 bits per heavy atom. The van der Waals surface area contributed by atoms with E-state index in [0.717, 1.165) is 43.6 Å². The number of carbonyl (C=O) groups is 1. The number of fused-ring (bicyclic) bond motifs is 1. The summed E-state index contributed by atoms with van der Waals surface area (Å²) in [7, 11) is 0.